The van der Waals surface area contributed by atoms with Crippen molar-refractivity contribution in [2.45, 2.75) is 42.8 Å². The predicted octanol–water partition coefficient (Wildman–Crippen LogP) is 4.55. The molecular weight excluding hydrogens is 470 g/mol. The van der Waals surface area contributed by atoms with Gasteiger partial charge in [0.2, 0.25) is 10.0 Å². The van der Waals surface area contributed by atoms with Crippen molar-refractivity contribution < 1.29 is 26.0 Å². The smallest absolute Gasteiger partial charge is 0.368 e. The van der Waals surface area contributed by atoms with Crippen molar-refractivity contribution in [1.29, 1.82) is 0 Å². The van der Waals surface area contributed by atoms with Gasteiger partial charge >= 0.3 is 6.18 Å². The van der Waals surface area contributed by atoms with E-state index in [9.17, 15) is 26.0 Å². The lowest BCUT2D eigenvalue weighted by atomic mass is 9.90. The highest BCUT2D eigenvalue weighted by molar-refractivity contribution is 7.89. The van der Waals surface area contributed by atoms with Crippen LogP contribution in [0.4, 0.5) is 23.2 Å². The van der Waals surface area contributed by atoms with Crippen LogP contribution < -0.4 is 4.90 Å². The zero-order valence-electron chi connectivity index (χ0n) is 19.2. The largest absolute Gasteiger partial charge is 0.418 e. The Morgan fingerprint density at radius 2 is 1.68 bits per heavy atom. The number of sulfonamides is 1. The van der Waals surface area contributed by atoms with Gasteiger partial charge < -0.3 is 9.80 Å². The van der Waals surface area contributed by atoms with Crippen LogP contribution in [-0.4, -0.2) is 63.4 Å². The van der Waals surface area contributed by atoms with E-state index in [-0.39, 0.29) is 30.2 Å². The SMILES string of the molecule is C[C@@H]1CN(c2ccc(F)cc2C(F)(F)F)CCN1S(=O)(=O)c1cccc(C2CCN(C)CC2)c1. The van der Waals surface area contributed by atoms with Crippen molar-refractivity contribution >= 4 is 15.7 Å². The Morgan fingerprint density at radius 1 is 0.971 bits per heavy atom. The normalized spacial score (nSPS) is 21.7. The number of hydrogen-bond acceptors (Lipinski definition) is 4. The van der Waals surface area contributed by atoms with E-state index in [0.717, 1.165) is 43.6 Å². The van der Waals surface area contributed by atoms with Gasteiger partial charge in [-0.25, -0.2) is 12.8 Å². The van der Waals surface area contributed by atoms with Gasteiger partial charge in [0.1, 0.15) is 5.82 Å². The first-order chi connectivity index (χ1) is 16.0. The van der Waals surface area contributed by atoms with Crippen molar-refractivity contribution in [3.8, 4) is 0 Å². The summed E-state index contributed by atoms with van der Waals surface area (Å²) in [6, 6.07) is 9.07. The van der Waals surface area contributed by atoms with Crippen LogP contribution >= 0.6 is 0 Å². The van der Waals surface area contributed by atoms with Gasteiger partial charge in [0.25, 0.3) is 0 Å². The van der Waals surface area contributed by atoms with Gasteiger partial charge in [0.15, 0.2) is 0 Å². The molecule has 2 aliphatic heterocycles. The van der Waals surface area contributed by atoms with Gasteiger partial charge in [-0.15, -0.1) is 0 Å². The molecule has 0 amide bonds. The molecule has 0 aromatic heterocycles. The van der Waals surface area contributed by atoms with Gasteiger partial charge in [-0.3, -0.25) is 0 Å². The fourth-order valence-corrected chi connectivity index (χ4v) is 6.60. The van der Waals surface area contributed by atoms with Crippen LogP contribution in [0.15, 0.2) is 47.4 Å². The molecule has 2 fully saturated rings. The fraction of sp³-hybridized carbons (Fsp3) is 0.500. The van der Waals surface area contributed by atoms with E-state index in [1.807, 2.05) is 6.07 Å². The standard InChI is InChI=1S/C24H29F4N3O2S/c1-17-16-30(23-7-6-20(25)15-22(23)24(26,27)28)12-13-31(17)34(32,33)21-5-3-4-19(14-21)18-8-10-29(2)11-9-18/h3-7,14-15,17-18H,8-13,16H2,1-2H3/t17-/m1/s1. The second kappa shape index (κ2) is 9.47. The van der Waals surface area contributed by atoms with Gasteiger partial charge in [0.05, 0.1) is 10.5 Å². The number of likely N-dealkylation sites (tertiary alicyclic amines) is 1. The number of hydrogen-bond donors (Lipinski definition) is 0. The minimum absolute atomic E-state index is 0.0383. The number of nitrogens with zero attached hydrogens (tertiary/aromatic N) is 3. The Labute approximate surface area is 198 Å². The first-order valence-electron chi connectivity index (χ1n) is 11.4. The first kappa shape index (κ1) is 24.9. The number of benzene rings is 2. The molecule has 0 radical (unpaired) electrons. The number of halogens is 4. The second-order valence-corrected chi connectivity index (χ2v) is 11.1. The summed E-state index contributed by atoms with van der Waals surface area (Å²) in [5, 5.41) is 0. The number of piperidine rings is 1. The third kappa shape index (κ3) is 5.08. The molecule has 4 rings (SSSR count). The number of alkyl halides is 3. The van der Waals surface area contributed by atoms with Crippen LogP contribution in [0.3, 0.4) is 0 Å². The minimum atomic E-state index is -4.71. The lowest BCUT2D eigenvalue weighted by molar-refractivity contribution is -0.137. The number of rotatable bonds is 4. The Hall–Kier alpha value is -2.17. The van der Waals surface area contributed by atoms with Gasteiger partial charge in [-0.05, 0) is 81.7 Å². The molecule has 1 atom stereocenters. The number of anilines is 1. The topological polar surface area (TPSA) is 43.9 Å². The van der Waals surface area contributed by atoms with E-state index >= 15 is 0 Å². The predicted molar refractivity (Wildman–Crippen MR) is 123 cm³/mol. The van der Waals surface area contributed by atoms with Crippen LogP contribution in [-0.2, 0) is 16.2 Å². The van der Waals surface area contributed by atoms with Crippen LogP contribution in [0.5, 0.6) is 0 Å². The Morgan fingerprint density at radius 3 is 2.32 bits per heavy atom. The van der Waals surface area contributed by atoms with Gasteiger partial charge in [-0.2, -0.15) is 17.5 Å². The van der Waals surface area contributed by atoms with Crippen molar-refractivity contribution in [1.82, 2.24) is 9.21 Å². The molecule has 0 saturated carbocycles. The van der Waals surface area contributed by atoms with Gasteiger partial charge in [0, 0.05) is 31.4 Å². The van der Waals surface area contributed by atoms with E-state index in [1.165, 1.54) is 9.21 Å². The molecule has 2 aromatic carbocycles. The van der Waals surface area contributed by atoms with E-state index in [2.05, 4.69) is 11.9 Å². The van der Waals surface area contributed by atoms with Crippen molar-refractivity contribution in [2.75, 3.05) is 44.7 Å². The molecule has 0 unspecified atom stereocenters. The highest BCUT2D eigenvalue weighted by atomic mass is 32.2. The lowest BCUT2D eigenvalue weighted by Crippen LogP contribution is -2.54. The summed E-state index contributed by atoms with van der Waals surface area (Å²) in [7, 11) is -1.75. The molecular formula is C24H29F4N3O2S. The van der Waals surface area contributed by atoms with E-state index < -0.39 is 33.6 Å². The number of piperazine rings is 1. The summed E-state index contributed by atoms with van der Waals surface area (Å²) in [4.78, 5) is 3.94. The highest BCUT2D eigenvalue weighted by Gasteiger charge is 2.39. The Bertz CT molecular complexity index is 1130. The van der Waals surface area contributed by atoms with Gasteiger partial charge in [-0.1, -0.05) is 12.1 Å². The molecule has 0 aliphatic carbocycles. The fourth-order valence-electron chi connectivity index (χ4n) is 4.93. The first-order valence-corrected chi connectivity index (χ1v) is 12.8. The molecule has 5 nitrogen and oxygen atoms in total. The Kier molecular flexibility index (Phi) is 6.94. The average Bonchev–Trinajstić information content (AvgIpc) is 2.79. The van der Waals surface area contributed by atoms with E-state index in [4.69, 9.17) is 0 Å². The summed E-state index contributed by atoms with van der Waals surface area (Å²) in [6.45, 7) is 3.79. The third-order valence-electron chi connectivity index (χ3n) is 6.83. The molecule has 2 heterocycles. The minimum Gasteiger partial charge on any atom is -0.368 e. The van der Waals surface area contributed by atoms with Crippen molar-refractivity contribution in [3.05, 3.63) is 59.4 Å². The zero-order chi connectivity index (χ0) is 24.7. The lowest BCUT2D eigenvalue weighted by Gasteiger charge is -2.41. The Balaban J connectivity index is 1.54. The van der Waals surface area contributed by atoms with Crippen molar-refractivity contribution in [2.24, 2.45) is 0 Å². The molecule has 0 spiro atoms. The summed E-state index contributed by atoms with van der Waals surface area (Å²) < 4.78 is 82.2. The van der Waals surface area contributed by atoms with Crippen LogP contribution in [0, 0.1) is 5.82 Å². The summed E-state index contributed by atoms with van der Waals surface area (Å²) in [5.41, 5.74) is -0.189. The van der Waals surface area contributed by atoms with Crippen LogP contribution in [0.2, 0.25) is 0 Å². The van der Waals surface area contributed by atoms with E-state index in [0.29, 0.717) is 12.0 Å². The summed E-state index contributed by atoms with van der Waals surface area (Å²) in [6.07, 6.45) is -2.78. The van der Waals surface area contributed by atoms with Crippen molar-refractivity contribution in [3.63, 3.8) is 0 Å². The molecule has 34 heavy (non-hydrogen) atoms. The quantitative estimate of drug-likeness (QED) is 0.579. The molecule has 0 N–H and O–H groups in total. The van der Waals surface area contributed by atoms with E-state index in [1.54, 1.807) is 25.1 Å². The third-order valence-corrected chi connectivity index (χ3v) is 8.84. The maximum Gasteiger partial charge on any atom is 0.418 e. The molecule has 10 heteroatoms. The molecule has 186 valence electrons. The summed E-state index contributed by atoms with van der Waals surface area (Å²) >= 11 is 0. The van der Waals surface area contributed by atoms with Crippen LogP contribution in [0.1, 0.15) is 36.8 Å². The average molecular weight is 500 g/mol. The highest BCUT2D eigenvalue weighted by Crippen LogP contribution is 2.38. The molecule has 2 aromatic rings. The molecule has 2 aliphatic rings. The molecule has 2 saturated heterocycles. The monoisotopic (exact) mass is 499 g/mol. The maximum absolute atomic E-state index is 13.5. The molecule has 0 bridgehead atoms. The second-order valence-electron chi connectivity index (χ2n) is 9.22. The summed E-state index contributed by atoms with van der Waals surface area (Å²) in [5.74, 6) is -0.658. The zero-order valence-corrected chi connectivity index (χ0v) is 20.0. The van der Waals surface area contributed by atoms with Crippen LogP contribution in [0.25, 0.3) is 0 Å². The maximum atomic E-state index is 13.5.